The molecule has 0 spiro atoms. The third kappa shape index (κ3) is 6.81. The molecule has 6 nitrogen and oxygen atoms in total. The summed E-state index contributed by atoms with van der Waals surface area (Å²) in [5.74, 6) is 0.572. The number of carbonyl (C=O) groups is 1. The zero-order chi connectivity index (χ0) is 19.4. The molecule has 0 atom stereocenters. The van der Waals surface area contributed by atoms with Crippen LogP contribution in [0.1, 0.15) is 18.4 Å². The molecular weight excluding hydrogens is 354 g/mol. The van der Waals surface area contributed by atoms with Crippen LogP contribution in [-0.4, -0.2) is 29.1 Å². The van der Waals surface area contributed by atoms with Crippen molar-refractivity contribution in [3.8, 4) is 11.8 Å². The highest BCUT2D eigenvalue weighted by molar-refractivity contribution is 5.90. The Kier molecular flexibility index (Phi) is 7.52. The quantitative estimate of drug-likeness (QED) is 0.535. The van der Waals surface area contributed by atoms with Gasteiger partial charge in [0.15, 0.2) is 0 Å². The van der Waals surface area contributed by atoms with Gasteiger partial charge in [-0.2, -0.15) is 0 Å². The highest BCUT2D eigenvalue weighted by Crippen LogP contribution is 2.20. The van der Waals surface area contributed by atoms with Crippen LogP contribution in [0.3, 0.4) is 0 Å². The second-order valence-corrected chi connectivity index (χ2v) is 6.16. The Balaban J connectivity index is 1.31. The van der Waals surface area contributed by atoms with Crippen LogP contribution in [0.4, 0.5) is 5.69 Å². The lowest BCUT2D eigenvalue weighted by atomic mass is 10.2. The number of aromatic nitrogens is 2. The highest BCUT2D eigenvalue weighted by atomic mass is 16.5. The summed E-state index contributed by atoms with van der Waals surface area (Å²) in [6, 6.07) is 19.3. The first-order chi connectivity index (χ1) is 13.8. The fourth-order valence-electron chi connectivity index (χ4n) is 2.54. The molecule has 0 aliphatic heterocycles. The van der Waals surface area contributed by atoms with E-state index in [1.807, 2.05) is 18.2 Å². The second-order valence-electron chi connectivity index (χ2n) is 6.16. The van der Waals surface area contributed by atoms with E-state index in [2.05, 4.69) is 27.4 Å². The standard InChI is InChI=1S/C22H23N3O3/c26-21(8-4-16-27-17-13-18-6-2-1-3-7-18)25-19-9-11-20(12-10-19)28-22-23-14-5-15-24-22/h1-3,5-7,9-12,14-15H,4,8,13,16-17H2,(H,25,26). The van der Waals surface area contributed by atoms with Crippen LogP contribution in [0.2, 0.25) is 0 Å². The van der Waals surface area contributed by atoms with Crippen molar-refractivity contribution in [2.24, 2.45) is 0 Å². The van der Waals surface area contributed by atoms with Gasteiger partial charge in [-0.25, -0.2) is 9.97 Å². The Morgan fingerprint density at radius 1 is 0.893 bits per heavy atom. The van der Waals surface area contributed by atoms with Gasteiger partial charge >= 0.3 is 6.01 Å². The van der Waals surface area contributed by atoms with Gasteiger partial charge in [-0.05, 0) is 48.7 Å². The van der Waals surface area contributed by atoms with Gasteiger partial charge in [0.25, 0.3) is 0 Å². The van der Waals surface area contributed by atoms with Crippen molar-refractivity contribution in [2.45, 2.75) is 19.3 Å². The number of hydrogen-bond donors (Lipinski definition) is 1. The fraction of sp³-hybridized carbons (Fsp3) is 0.227. The van der Waals surface area contributed by atoms with Gasteiger partial charge in [0, 0.05) is 31.1 Å². The van der Waals surface area contributed by atoms with Gasteiger partial charge in [-0.15, -0.1) is 0 Å². The molecule has 0 radical (unpaired) electrons. The molecule has 0 aliphatic rings. The van der Waals surface area contributed by atoms with E-state index in [0.29, 0.717) is 31.8 Å². The molecule has 144 valence electrons. The summed E-state index contributed by atoms with van der Waals surface area (Å²) in [6.45, 7) is 1.24. The summed E-state index contributed by atoms with van der Waals surface area (Å²) in [5, 5.41) is 2.87. The molecular formula is C22H23N3O3. The number of nitrogens with zero attached hydrogens (tertiary/aromatic N) is 2. The van der Waals surface area contributed by atoms with Crippen molar-refractivity contribution in [1.29, 1.82) is 0 Å². The lowest BCUT2D eigenvalue weighted by Crippen LogP contribution is -2.12. The monoisotopic (exact) mass is 377 g/mol. The van der Waals surface area contributed by atoms with Crippen molar-refractivity contribution in [1.82, 2.24) is 9.97 Å². The molecule has 1 heterocycles. The predicted molar refractivity (Wildman–Crippen MR) is 107 cm³/mol. The van der Waals surface area contributed by atoms with Gasteiger partial charge in [0.2, 0.25) is 5.91 Å². The Hall–Kier alpha value is -3.25. The van der Waals surface area contributed by atoms with E-state index in [9.17, 15) is 4.79 Å². The Morgan fingerprint density at radius 3 is 2.39 bits per heavy atom. The lowest BCUT2D eigenvalue weighted by molar-refractivity contribution is -0.116. The summed E-state index contributed by atoms with van der Waals surface area (Å²) in [6.07, 6.45) is 5.22. The topological polar surface area (TPSA) is 73.3 Å². The average molecular weight is 377 g/mol. The average Bonchev–Trinajstić information content (AvgIpc) is 2.73. The number of anilines is 1. The van der Waals surface area contributed by atoms with Crippen LogP contribution in [0.5, 0.6) is 11.8 Å². The van der Waals surface area contributed by atoms with Crippen molar-refractivity contribution < 1.29 is 14.3 Å². The van der Waals surface area contributed by atoms with Crippen LogP contribution in [-0.2, 0) is 16.0 Å². The zero-order valence-electron chi connectivity index (χ0n) is 15.6. The number of ether oxygens (including phenoxy) is 2. The molecule has 1 aromatic heterocycles. The number of amides is 1. The minimum atomic E-state index is -0.0354. The maximum absolute atomic E-state index is 12.0. The summed E-state index contributed by atoms with van der Waals surface area (Å²) in [7, 11) is 0. The highest BCUT2D eigenvalue weighted by Gasteiger charge is 2.04. The molecule has 3 rings (SSSR count). The molecule has 0 unspecified atom stereocenters. The van der Waals surface area contributed by atoms with Crippen molar-refractivity contribution in [2.75, 3.05) is 18.5 Å². The van der Waals surface area contributed by atoms with Crippen LogP contribution in [0.15, 0.2) is 73.1 Å². The molecule has 0 saturated carbocycles. The minimum Gasteiger partial charge on any atom is -0.424 e. The van der Waals surface area contributed by atoms with Gasteiger partial charge in [0.1, 0.15) is 5.75 Å². The lowest BCUT2D eigenvalue weighted by Gasteiger charge is -2.07. The first-order valence-corrected chi connectivity index (χ1v) is 9.26. The van der Waals surface area contributed by atoms with Crippen molar-refractivity contribution in [3.63, 3.8) is 0 Å². The number of rotatable bonds is 10. The summed E-state index contributed by atoms with van der Waals surface area (Å²) in [5.41, 5.74) is 1.97. The molecule has 1 amide bonds. The number of benzene rings is 2. The molecule has 3 aromatic rings. The van der Waals surface area contributed by atoms with Gasteiger partial charge in [-0.1, -0.05) is 30.3 Å². The van der Waals surface area contributed by atoms with Gasteiger partial charge in [0.05, 0.1) is 6.61 Å². The summed E-state index contributed by atoms with van der Waals surface area (Å²) in [4.78, 5) is 20.0. The first kappa shape index (κ1) is 19.5. The molecule has 0 fully saturated rings. The molecule has 2 aromatic carbocycles. The minimum absolute atomic E-state index is 0.0354. The van der Waals surface area contributed by atoms with E-state index < -0.39 is 0 Å². The normalized spacial score (nSPS) is 10.4. The van der Waals surface area contributed by atoms with E-state index in [-0.39, 0.29) is 11.9 Å². The van der Waals surface area contributed by atoms with Gasteiger partial charge in [-0.3, -0.25) is 4.79 Å². The summed E-state index contributed by atoms with van der Waals surface area (Å²) >= 11 is 0. The summed E-state index contributed by atoms with van der Waals surface area (Å²) < 4.78 is 11.1. The molecule has 28 heavy (non-hydrogen) atoms. The molecule has 1 N–H and O–H groups in total. The molecule has 0 bridgehead atoms. The van der Waals surface area contributed by atoms with E-state index in [1.54, 1.807) is 42.7 Å². The Bertz CT molecular complexity index is 840. The first-order valence-electron chi connectivity index (χ1n) is 9.26. The molecule has 6 heteroatoms. The van der Waals surface area contributed by atoms with E-state index in [4.69, 9.17) is 9.47 Å². The van der Waals surface area contributed by atoms with Crippen LogP contribution >= 0.6 is 0 Å². The van der Waals surface area contributed by atoms with Gasteiger partial charge < -0.3 is 14.8 Å². The smallest absolute Gasteiger partial charge is 0.321 e. The SMILES string of the molecule is O=C(CCCOCCc1ccccc1)Nc1ccc(Oc2ncccn2)cc1. The second kappa shape index (κ2) is 10.8. The van der Waals surface area contributed by atoms with Crippen LogP contribution < -0.4 is 10.1 Å². The van der Waals surface area contributed by atoms with E-state index in [0.717, 1.165) is 12.1 Å². The third-order valence-corrected chi connectivity index (χ3v) is 3.96. The van der Waals surface area contributed by atoms with Crippen molar-refractivity contribution in [3.05, 3.63) is 78.6 Å². The third-order valence-electron chi connectivity index (χ3n) is 3.96. The van der Waals surface area contributed by atoms with E-state index in [1.165, 1.54) is 5.56 Å². The molecule has 0 aliphatic carbocycles. The maximum atomic E-state index is 12.0. The molecule has 0 saturated heterocycles. The largest absolute Gasteiger partial charge is 0.424 e. The number of hydrogen-bond acceptors (Lipinski definition) is 5. The predicted octanol–water partition coefficient (Wildman–Crippen LogP) is 4.25. The van der Waals surface area contributed by atoms with Crippen LogP contribution in [0, 0.1) is 0 Å². The zero-order valence-corrected chi connectivity index (χ0v) is 15.6. The number of nitrogens with one attached hydrogen (secondary N) is 1. The Morgan fingerprint density at radius 2 is 1.64 bits per heavy atom. The maximum Gasteiger partial charge on any atom is 0.321 e. The van der Waals surface area contributed by atoms with E-state index >= 15 is 0 Å². The Labute approximate surface area is 164 Å². The fourth-order valence-corrected chi connectivity index (χ4v) is 2.54. The number of carbonyl (C=O) groups excluding carboxylic acids is 1. The van der Waals surface area contributed by atoms with Crippen molar-refractivity contribution >= 4 is 11.6 Å². The van der Waals surface area contributed by atoms with Crippen LogP contribution in [0.25, 0.3) is 0 Å².